The molecule has 0 saturated carbocycles. The van der Waals surface area contributed by atoms with Gasteiger partial charge in [0.15, 0.2) is 0 Å². The van der Waals surface area contributed by atoms with Crippen LogP contribution in [-0.4, -0.2) is 12.3 Å². The number of allylic oxidation sites excluding steroid dienone is 4. The Morgan fingerprint density at radius 2 is 1.73 bits per heavy atom. The van der Waals surface area contributed by atoms with E-state index >= 15 is 0 Å². The van der Waals surface area contributed by atoms with Gasteiger partial charge in [-0.2, -0.15) is 12.1 Å². The standard InChI is InChI=1S/C17H24P.C5H5.2ClH.Zr/c1-13(2)11-18(12-14(3)4)17-9-15-7-5-6-8-16(15)10-17;1-2-4-5-3-1;;;/h5-10,13-14H,11-12H2,1-4H3;1-3H,4H2;2*1H;/q2*-1;;;+4/p-2. The summed E-state index contributed by atoms with van der Waals surface area (Å²) in [6.07, 6.45) is 12.7. The normalized spacial score (nSPS) is 12.2. The van der Waals surface area contributed by atoms with E-state index in [1.54, 1.807) is 5.30 Å². The molecule has 3 rings (SSSR count). The van der Waals surface area contributed by atoms with Crippen molar-refractivity contribution in [2.45, 2.75) is 34.1 Å². The van der Waals surface area contributed by atoms with Crippen LogP contribution in [0.5, 0.6) is 0 Å². The molecule has 0 amide bonds. The topological polar surface area (TPSA) is 0 Å². The van der Waals surface area contributed by atoms with Gasteiger partial charge in [-0.05, 0) is 24.2 Å². The Balaban J connectivity index is 0.000000351. The molecule has 0 spiro atoms. The van der Waals surface area contributed by atoms with E-state index in [-0.39, 0.29) is 7.92 Å². The average molecular weight is 487 g/mol. The molecule has 0 fully saturated rings. The van der Waals surface area contributed by atoms with E-state index in [1.807, 2.05) is 12.2 Å². The first-order chi connectivity index (χ1) is 12.5. The van der Waals surface area contributed by atoms with E-state index < -0.39 is 20.8 Å². The third-order valence-electron chi connectivity index (χ3n) is 3.72. The van der Waals surface area contributed by atoms with E-state index in [9.17, 15) is 0 Å². The van der Waals surface area contributed by atoms with Crippen molar-refractivity contribution >= 4 is 41.0 Å². The molecule has 0 aliphatic heterocycles. The zero-order valence-electron chi connectivity index (χ0n) is 16.2. The molecule has 0 heterocycles. The van der Waals surface area contributed by atoms with Crippen molar-refractivity contribution in [1.29, 1.82) is 0 Å². The summed E-state index contributed by atoms with van der Waals surface area (Å²) < 4.78 is 0. The minimum atomic E-state index is -0.826. The molecule has 0 aromatic heterocycles. The van der Waals surface area contributed by atoms with E-state index in [1.165, 1.54) is 23.1 Å². The van der Waals surface area contributed by atoms with Crippen molar-refractivity contribution in [3.63, 3.8) is 0 Å². The Hall–Kier alpha value is 0.203. The van der Waals surface area contributed by atoms with Gasteiger partial charge in [-0.1, -0.05) is 41.7 Å². The van der Waals surface area contributed by atoms with Crippen molar-refractivity contribution in [1.82, 2.24) is 0 Å². The van der Waals surface area contributed by atoms with Crippen LogP contribution in [0.2, 0.25) is 0 Å². The van der Waals surface area contributed by atoms with E-state index in [2.05, 4.69) is 76.2 Å². The van der Waals surface area contributed by atoms with Gasteiger partial charge in [-0.25, -0.2) is 12.2 Å². The first-order valence-electron chi connectivity index (χ1n) is 9.06. The van der Waals surface area contributed by atoms with Crippen molar-refractivity contribution in [2.75, 3.05) is 12.3 Å². The van der Waals surface area contributed by atoms with Crippen molar-refractivity contribution in [3.05, 3.63) is 60.7 Å². The minimum absolute atomic E-state index is 0.0185. The van der Waals surface area contributed by atoms with Gasteiger partial charge < -0.3 is 0 Å². The number of hydrogen-bond acceptors (Lipinski definition) is 0. The van der Waals surface area contributed by atoms with Crippen LogP contribution in [0, 0.1) is 17.9 Å². The van der Waals surface area contributed by atoms with Gasteiger partial charge in [-0.3, -0.25) is 6.08 Å². The maximum absolute atomic E-state index is 4.93. The molecule has 0 saturated heterocycles. The third kappa shape index (κ3) is 9.94. The van der Waals surface area contributed by atoms with Crippen LogP contribution >= 0.6 is 24.9 Å². The van der Waals surface area contributed by atoms with Crippen molar-refractivity contribution < 1.29 is 20.8 Å². The van der Waals surface area contributed by atoms with Crippen LogP contribution in [-0.2, 0) is 20.8 Å². The molecule has 2 aromatic rings. The number of fused-ring (bicyclic) bond motifs is 1. The molecule has 0 radical (unpaired) electrons. The molecule has 0 nitrogen and oxygen atoms in total. The molecule has 0 atom stereocenters. The van der Waals surface area contributed by atoms with Gasteiger partial charge in [0, 0.05) is 0 Å². The van der Waals surface area contributed by atoms with Crippen LogP contribution in [0.25, 0.3) is 10.8 Å². The first-order valence-corrected chi connectivity index (χ1v) is 17.1. The Morgan fingerprint density at radius 1 is 1.12 bits per heavy atom. The fourth-order valence-corrected chi connectivity index (χ4v) is 5.80. The molecular weight excluding hydrogens is 457 g/mol. The summed E-state index contributed by atoms with van der Waals surface area (Å²) in [5.41, 5.74) is 0. The van der Waals surface area contributed by atoms with Crippen LogP contribution < -0.4 is 5.30 Å². The molecule has 1 aliphatic rings. The summed E-state index contributed by atoms with van der Waals surface area (Å²) in [4.78, 5) is 0. The fraction of sp³-hybridized carbons (Fsp3) is 0.409. The second kappa shape index (κ2) is 14.2. The second-order valence-electron chi connectivity index (χ2n) is 7.11. The summed E-state index contributed by atoms with van der Waals surface area (Å²) >= 11 is -0.826. The van der Waals surface area contributed by atoms with E-state index in [4.69, 9.17) is 17.0 Å². The molecular formula is C22H29Cl2PZr. The zero-order valence-corrected chi connectivity index (χ0v) is 21.0. The first kappa shape index (κ1) is 24.2. The Bertz CT molecular complexity index is 621. The van der Waals surface area contributed by atoms with Crippen molar-refractivity contribution in [2.24, 2.45) is 11.8 Å². The third-order valence-corrected chi connectivity index (χ3v) is 7.06. The van der Waals surface area contributed by atoms with Gasteiger partial charge in [0.1, 0.15) is 0 Å². The fourth-order valence-electron chi connectivity index (χ4n) is 2.82. The van der Waals surface area contributed by atoms with Crippen LogP contribution in [0.4, 0.5) is 0 Å². The number of halogens is 2. The molecule has 0 unspecified atom stereocenters. The molecule has 2 aromatic carbocycles. The SMILES string of the molecule is CC(C)CP(CC(C)C)c1cc2ccccc2[cH-]1.[C-]1=CC=CC1.[Cl][Zr+2][Cl]. The summed E-state index contributed by atoms with van der Waals surface area (Å²) in [5.74, 6) is 1.60. The monoisotopic (exact) mass is 484 g/mol. The molecule has 1 aliphatic carbocycles. The van der Waals surface area contributed by atoms with Gasteiger partial charge in [0.25, 0.3) is 0 Å². The number of rotatable bonds is 5. The summed E-state index contributed by atoms with van der Waals surface area (Å²) in [7, 11) is 9.89. The Morgan fingerprint density at radius 3 is 2.15 bits per heavy atom. The van der Waals surface area contributed by atoms with Crippen LogP contribution in [0.15, 0.2) is 54.6 Å². The maximum atomic E-state index is 4.93. The summed E-state index contributed by atoms with van der Waals surface area (Å²) in [5, 5.41) is 4.42. The van der Waals surface area contributed by atoms with Gasteiger partial charge in [0.2, 0.25) is 0 Å². The average Bonchev–Trinajstić information content (AvgIpc) is 3.27. The Kier molecular flexibility index (Phi) is 13.3. The molecule has 0 bridgehead atoms. The van der Waals surface area contributed by atoms with Crippen molar-refractivity contribution in [3.8, 4) is 0 Å². The quantitative estimate of drug-likeness (QED) is 0.301. The van der Waals surface area contributed by atoms with E-state index in [0.717, 1.165) is 18.3 Å². The van der Waals surface area contributed by atoms with Gasteiger partial charge in [0.05, 0.1) is 0 Å². The molecule has 26 heavy (non-hydrogen) atoms. The predicted octanol–water partition coefficient (Wildman–Crippen LogP) is 7.66. The van der Waals surface area contributed by atoms with E-state index in [0.29, 0.717) is 0 Å². The molecule has 140 valence electrons. The zero-order chi connectivity index (χ0) is 19.4. The number of hydrogen-bond donors (Lipinski definition) is 0. The molecule has 0 N–H and O–H groups in total. The predicted molar refractivity (Wildman–Crippen MR) is 119 cm³/mol. The Labute approximate surface area is 179 Å². The van der Waals surface area contributed by atoms with Crippen LogP contribution in [0.1, 0.15) is 34.1 Å². The number of benzene rings is 1. The summed E-state index contributed by atoms with van der Waals surface area (Å²) in [6.45, 7) is 9.38. The summed E-state index contributed by atoms with van der Waals surface area (Å²) in [6, 6.07) is 13.6. The van der Waals surface area contributed by atoms with Gasteiger partial charge in [-0.15, -0.1) is 46.8 Å². The van der Waals surface area contributed by atoms with Gasteiger partial charge >= 0.3 is 37.9 Å². The second-order valence-corrected chi connectivity index (χ2v) is 13.2. The molecule has 4 heteroatoms. The van der Waals surface area contributed by atoms with Crippen LogP contribution in [0.3, 0.4) is 0 Å².